The van der Waals surface area contributed by atoms with Crippen molar-refractivity contribution in [3.05, 3.63) is 85.0 Å². The monoisotopic (exact) mass is 294 g/mol. The number of ketones is 1. The van der Waals surface area contributed by atoms with Gasteiger partial charge in [0.1, 0.15) is 11.5 Å². The van der Waals surface area contributed by atoms with Crippen molar-refractivity contribution in [2.75, 3.05) is 0 Å². The summed E-state index contributed by atoms with van der Waals surface area (Å²) in [6.45, 7) is 7.41. The van der Waals surface area contributed by atoms with E-state index in [9.17, 15) is 15.0 Å². The van der Waals surface area contributed by atoms with Gasteiger partial charge in [-0.2, -0.15) is 0 Å². The van der Waals surface area contributed by atoms with E-state index in [0.29, 0.717) is 11.1 Å². The zero-order valence-electron chi connectivity index (χ0n) is 12.1. The van der Waals surface area contributed by atoms with Gasteiger partial charge in [-0.3, -0.25) is 4.79 Å². The number of hydrogen-bond acceptors (Lipinski definition) is 3. The minimum Gasteiger partial charge on any atom is -0.508 e. The Labute approximate surface area is 129 Å². The third-order valence-corrected chi connectivity index (χ3v) is 3.63. The quantitative estimate of drug-likeness (QED) is 0.794. The number of benzene rings is 2. The lowest BCUT2D eigenvalue weighted by Crippen LogP contribution is -2.18. The van der Waals surface area contributed by atoms with E-state index in [1.54, 1.807) is 36.4 Å². The van der Waals surface area contributed by atoms with Crippen LogP contribution in [0.1, 0.15) is 23.0 Å². The van der Waals surface area contributed by atoms with Crippen LogP contribution in [0.3, 0.4) is 0 Å². The first kappa shape index (κ1) is 15.6. The maximum Gasteiger partial charge on any atom is 0.155 e. The smallest absolute Gasteiger partial charge is 0.155 e. The van der Waals surface area contributed by atoms with E-state index in [1.165, 1.54) is 24.3 Å². The average molecular weight is 294 g/mol. The molecule has 0 radical (unpaired) electrons. The predicted molar refractivity (Wildman–Crippen MR) is 87.1 cm³/mol. The van der Waals surface area contributed by atoms with Crippen molar-refractivity contribution in [1.29, 1.82) is 0 Å². The summed E-state index contributed by atoms with van der Waals surface area (Å²) in [6, 6.07) is 13.3. The van der Waals surface area contributed by atoms with E-state index >= 15 is 0 Å². The van der Waals surface area contributed by atoms with Gasteiger partial charge >= 0.3 is 0 Å². The summed E-state index contributed by atoms with van der Waals surface area (Å²) in [5.74, 6) is -1.47. The number of para-hydroxylation sites is 2. The average Bonchev–Trinajstić information content (AvgIpc) is 2.52. The van der Waals surface area contributed by atoms with Crippen LogP contribution in [-0.4, -0.2) is 16.0 Å². The van der Waals surface area contributed by atoms with Gasteiger partial charge in [0.05, 0.1) is 11.8 Å². The Hall–Kier alpha value is -2.81. The van der Waals surface area contributed by atoms with Gasteiger partial charge in [0.2, 0.25) is 0 Å². The number of aromatic hydroxyl groups is 2. The van der Waals surface area contributed by atoms with Crippen LogP contribution in [0.25, 0.3) is 0 Å². The van der Waals surface area contributed by atoms with Crippen LogP contribution >= 0.6 is 0 Å². The molecular formula is C19H18O3. The van der Waals surface area contributed by atoms with Crippen molar-refractivity contribution in [2.45, 2.75) is 11.8 Å². The fourth-order valence-electron chi connectivity index (χ4n) is 2.49. The van der Waals surface area contributed by atoms with Crippen LogP contribution in [0, 0.1) is 0 Å². The van der Waals surface area contributed by atoms with E-state index in [-0.39, 0.29) is 17.3 Å². The van der Waals surface area contributed by atoms with Gasteiger partial charge in [0.25, 0.3) is 0 Å². The summed E-state index contributed by atoms with van der Waals surface area (Å²) in [6.07, 6.45) is 2.99. The van der Waals surface area contributed by atoms with Crippen LogP contribution < -0.4 is 0 Å². The highest BCUT2D eigenvalue weighted by Crippen LogP contribution is 2.35. The van der Waals surface area contributed by atoms with Crippen LogP contribution in [-0.2, 0) is 4.79 Å². The van der Waals surface area contributed by atoms with Crippen molar-refractivity contribution >= 4 is 5.78 Å². The first-order valence-electron chi connectivity index (χ1n) is 6.94. The Bertz CT molecular complexity index is 644. The van der Waals surface area contributed by atoms with Crippen molar-refractivity contribution in [3.63, 3.8) is 0 Å². The summed E-state index contributed by atoms with van der Waals surface area (Å²) in [5.41, 5.74) is 0.981. The van der Waals surface area contributed by atoms with Gasteiger partial charge in [0.15, 0.2) is 5.78 Å². The van der Waals surface area contributed by atoms with Crippen LogP contribution in [0.15, 0.2) is 73.8 Å². The molecule has 0 aliphatic carbocycles. The summed E-state index contributed by atoms with van der Waals surface area (Å²) in [4.78, 5) is 12.8. The second-order valence-corrected chi connectivity index (χ2v) is 4.95. The fraction of sp³-hybridized carbons (Fsp3) is 0.105. The molecule has 0 saturated carbocycles. The van der Waals surface area contributed by atoms with E-state index in [4.69, 9.17) is 0 Å². The van der Waals surface area contributed by atoms with Gasteiger partial charge in [0, 0.05) is 11.1 Å². The Morgan fingerprint density at radius 2 is 1.18 bits per heavy atom. The van der Waals surface area contributed by atoms with E-state index in [1.807, 2.05) is 0 Å². The molecule has 3 heteroatoms. The molecule has 0 aromatic heterocycles. The maximum absolute atomic E-state index is 12.8. The van der Waals surface area contributed by atoms with Gasteiger partial charge in [-0.15, -0.1) is 13.2 Å². The van der Waals surface area contributed by atoms with Crippen LogP contribution in [0.2, 0.25) is 0 Å². The highest BCUT2D eigenvalue weighted by atomic mass is 16.3. The highest BCUT2D eigenvalue weighted by Gasteiger charge is 2.28. The molecule has 0 fully saturated rings. The number of phenols is 2. The normalized spacial score (nSPS) is 13.1. The number of phenolic OH excluding ortho intramolecular Hbond substituents is 2. The number of carbonyl (C=O) groups excluding carboxylic acids is 1. The lowest BCUT2D eigenvalue weighted by atomic mass is 9.83. The summed E-state index contributed by atoms with van der Waals surface area (Å²) >= 11 is 0. The molecule has 2 N–H and O–H groups in total. The van der Waals surface area contributed by atoms with E-state index in [0.717, 1.165) is 0 Å². The number of Topliss-reactive ketones (excluding diaryl/α,β-unsaturated/α-hetero) is 1. The largest absolute Gasteiger partial charge is 0.508 e. The van der Waals surface area contributed by atoms with Crippen molar-refractivity contribution in [1.82, 2.24) is 0 Å². The molecule has 112 valence electrons. The Balaban J connectivity index is 2.43. The number of hydrogen-bond donors (Lipinski definition) is 2. The lowest BCUT2D eigenvalue weighted by Gasteiger charge is -2.19. The molecule has 0 saturated heterocycles. The summed E-state index contributed by atoms with van der Waals surface area (Å²) in [7, 11) is 0. The molecule has 2 unspecified atom stereocenters. The van der Waals surface area contributed by atoms with Gasteiger partial charge in [-0.25, -0.2) is 0 Å². The molecule has 2 aromatic carbocycles. The van der Waals surface area contributed by atoms with Crippen molar-refractivity contribution < 1.29 is 15.0 Å². The molecule has 2 aromatic rings. The molecule has 0 aliphatic heterocycles. The number of carbonyl (C=O) groups is 1. The Kier molecular flexibility index (Phi) is 4.79. The number of allylic oxidation sites excluding steroid dienone is 2. The Morgan fingerprint density at radius 1 is 0.818 bits per heavy atom. The second kappa shape index (κ2) is 6.76. The summed E-state index contributed by atoms with van der Waals surface area (Å²) < 4.78 is 0. The molecule has 22 heavy (non-hydrogen) atoms. The maximum atomic E-state index is 12.8. The zero-order valence-corrected chi connectivity index (χ0v) is 12.1. The van der Waals surface area contributed by atoms with Gasteiger partial charge in [-0.1, -0.05) is 48.6 Å². The molecule has 2 atom stereocenters. The second-order valence-electron chi connectivity index (χ2n) is 4.95. The van der Waals surface area contributed by atoms with Crippen molar-refractivity contribution in [3.8, 4) is 11.5 Å². The van der Waals surface area contributed by atoms with Crippen molar-refractivity contribution in [2.24, 2.45) is 0 Å². The van der Waals surface area contributed by atoms with Gasteiger partial charge < -0.3 is 10.2 Å². The molecule has 0 spiro atoms. The van der Waals surface area contributed by atoms with Crippen LogP contribution in [0.5, 0.6) is 11.5 Å². The molecular weight excluding hydrogens is 276 g/mol. The standard InChI is InChI=1S/C19H18O3/c1-3-13(15-9-5-7-11-17(15)20)19(22)14(4-2)16-10-6-8-12-18(16)21/h3-14,20-21H,1-2H2. The first-order chi connectivity index (χ1) is 10.6. The minimum atomic E-state index is -0.677. The number of rotatable bonds is 6. The zero-order chi connectivity index (χ0) is 16.1. The molecule has 0 aliphatic rings. The molecule has 0 heterocycles. The van der Waals surface area contributed by atoms with Gasteiger partial charge in [-0.05, 0) is 12.1 Å². The molecule has 0 bridgehead atoms. The molecule has 2 rings (SSSR count). The third kappa shape index (κ3) is 2.93. The molecule has 3 nitrogen and oxygen atoms in total. The predicted octanol–water partition coefficient (Wildman–Crippen LogP) is 3.91. The topological polar surface area (TPSA) is 57.5 Å². The first-order valence-corrected chi connectivity index (χ1v) is 6.94. The highest BCUT2D eigenvalue weighted by molar-refractivity contribution is 5.95. The molecule has 0 amide bonds. The van der Waals surface area contributed by atoms with E-state index < -0.39 is 11.8 Å². The third-order valence-electron chi connectivity index (χ3n) is 3.63. The van der Waals surface area contributed by atoms with E-state index in [2.05, 4.69) is 13.2 Å². The Morgan fingerprint density at radius 3 is 1.50 bits per heavy atom. The minimum absolute atomic E-state index is 0.0424. The SMILES string of the molecule is C=CC(C(=O)C(C=C)c1ccccc1O)c1ccccc1O. The van der Waals surface area contributed by atoms with Crippen LogP contribution in [0.4, 0.5) is 0 Å². The lowest BCUT2D eigenvalue weighted by molar-refractivity contribution is -0.120. The fourth-order valence-corrected chi connectivity index (χ4v) is 2.49. The summed E-state index contributed by atoms with van der Waals surface area (Å²) in [5, 5.41) is 19.9.